The fraction of sp³-hybridized carbons (Fsp3) is 0.250. The number of aliphatic imine (C=N–C) groups is 1. The predicted molar refractivity (Wildman–Crippen MR) is 102 cm³/mol. The van der Waals surface area contributed by atoms with Crippen LogP contribution in [0.4, 0.5) is 11.6 Å². The minimum atomic E-state index is -0.400. The van der Waals surface area contributed by atoms with E-state index in [9.17, 15) is 14.9 Å². The number of aromatic nitrogens is 2. The largest absolute Gasteiger partial charge is 0.403 e. The highest BCUT2D eigenvalue weighted by molar-refractivity contribution is 6.03. The molecule has 2 aromatic rings. The van der Waals surface area contributed by atoms with E-state index in [1.54, 1.807) is 16.7 Å². The molecule has 0 spiro atoms. The van der Waals surface area contributed by atoms with Crippen LogP contribution in [-0.4, -0.2) is 15.2 Å². The molecule has 7 heteroatoms. The molecule has 1 aromatic heterocycles. The van der Waals surface area contributed by atoms with Crippen molar-refractivity contribution in [2.24, 2.45) is 4.99 Å². The Bertz CT molecular complexity index is 1110. The molecule has 7 nitrogen and oxygen atoms in total. The smallest absolute Gasteiger partial charge is 0.258 e. The van der Waals surface area contributed by atoms with E-state index in [1.165, 1.54) is 6.07 Å². The summed E-state index contributed by atoms with van der Waals surface area (Å²) in [5, 5.41) is 11.1. The summed E-state index contributed by atoms with van der Waals surface area (Å²) in [5.74, 6) is 0.581. The van der Waals surface area contributed by atoms with Crippen molar-refractivity contribution in [2.75, 3.05) is 0 Å². The van der Waals surface area contributed by atoms with E-state index in [2.05, 4.69) is 0 Å². The maximum Gasteiger partial charge on any atom is 0.403 e. The molecule has 1 aliphatic heterocycles. The number of rotatable bonds is 4. The Morgan fingerprint density at radius 1 is 1.33 bits per heavy atom. The topological polar surface area (TPSA) is 81.4 Å². The average Bonchev–Trinajstić information content (AvgIpc) is 3.05. The first-order valence-corrected chi connectivity index (χ1v) is 8.86. The van der Waals surface area contributed by atoms with Crippen molar-refractivity contribution in [3.05, 3.63) is 85.9 Å². The molecule has 0 N–H and O–H groups in total. The summed E-state index contributed by atoms with van der Waals surface area (Å²) in [5.41, 5.74) is 3.23. The quantitative estimate of drug-likeness (QED) is 0.476. The monoisotopic (exact) mass is 363 g/mol. The van der Waals surface area contributed by atoms with Gasteiger partial charge in [0.05, 0.1) is 22.7 Å². The maximum absolute atomic E-state index is 13.0. The fourth-order valence-corrected chi connectivity index (χ4v) is 3.70. The summed E-state index contributed by atoms with van der Waals surface area (Å²) in [7, 11) is 0. The number of nitrogens with zero attached hydrogens (tertiary/aromatic N) is 4. The van der Waals surface area contributed by atoms with Crippen LogP contribution in [0.5, 0.6) is 0 Å². The molecular formula is C20H19N4O3+. The third kappa shape index (κ3) is 2.71. The van der Waals surface area contributed by atoms with E-state index < -0.39 is 4.92 Å². The molecule has 2 heterocycles. The Morgan fingerprint density at radius 2 is 2.15 bits per heavy atom. The Morgan fingerprint density at radius 3 is 2.89 bits per heavy atom. The standard InChI is InChI=1S/C20H19N4O3/c1-3-16-13(2)22(12-14-7-6-8-15(11-14)24(26)27)20-21-17-9-4-5-10-18(17)23(20)19(16)25/h4-11,18H,3,12H2,1-2H3/q+1. The van der Waals surface area contributed by atoms with E-state index >= 15 is 0 Å². The molecule has 1 aliphatic carbocycles. The molecule has 1 unspecified atom stereocenters. The van der Waals surface area contributed by atoms with E-state index in [-0.39, 0.29) is 17.3 Å². The van der Waals surface area contributed by atoms with E-state index in [1.807, 2.05) is 48.8 Å². The van der Waals surface area contributed by atoms with Crippen LogP contribution in [0, 0.1) is 17.0 Å². The van der Waals surface area contributed by atoms with Gasteiger partial charge in [-0.1, -0.05) is 36.2 Å². The van der Waals surface area contributed by atoms with Gasteiger partial charge in [-0.15, -0.1) is 0 Å². The van der Waals surface area contributed by atoms with Gasteiger partial charge in [0.1, 0.15) is 0 Å². The zero-order chi connectivity index (χ0) is 19.1. The first-order chi connectivity index (χ1) is 13.0. The van der Waals surface area contributed by atoms with Crippen LogP contribution in [-0.2, 0) is 13.0 Å². The van der Waals surface area contributed by atoms with Gasteiger partial charge in [0.25, 0.3) is 5.69 Å². The number of nitro benzene ring substituents is 1. The Kier molecular flexibility index (Phi) is 4.07. The van der Waals surface area contributed by atoms with Crippen molar-refractivity contribution in [1.29, 1.82) is 0 Å². The van der Waals surface area contributed by atoms with Gasteiger partial charge in [0.2, 0.25) is 0 Å². The SMILES string of the molecule is CCc1c(C)[n+](Cc2cccc([N+](=O)[O-])c2)c2n(c1=O)C1C=CC=CC1=N2. The van der Waals surface area contributed by atoms with Crippen LogP contribution in [0.3, 0.4) is 0 Å². The Labute approximate surface area is 155 Å². The van der Waals surface area contributed by atoms with Crippen LogP contribution < -0.4 is 10.1 Å². The first kappa shape index (κ1) is 17.1. The average molecular weight is 363 g/mol. The van der Waals surface area contributed by atoms with Gasteiger partial charge < -0.3 is 0 Å². The Balaban J connectivity index is 1.90. The van der Waals surface area contributed by atoms with Crippen LogP contribution in [0.2, 0.25) is 0 Å². The number of non-ortho nitro benzene ring substituents is 1. The molecule has 1 atom stereocenters. The number of hydrogen-bond acceptors (Lipinski definition) is 4. The second-order valence-corrected chi connectivity index (χ2v) is 6.63. The van der Waals surface area contributed by atoms with Gasteiger partial charge >= 0.3 is 11.5 Å². The van der Waals surface area contributed by atoms with Gasteiger partial charge in [-0.2, -0.15) is 4.57 Å². The number of benzene rings is 1. The summed E-state index contributed by atoms with van der Waals surface area (Å²) < 4.78 is 3.70. The lowest BCUT2D eigenvalue weighted by atomic mass is 10.1. The van der Waals surface area contributed by atoms with Gasteiger partial charge in [-0.05, 0) is 31.1 Å². The van der Waals surface area contributed by atoms with E-state index in [0.29, 0.717) is 18.9 Å². The summed E-state index contributed by atoms with van der Waals surface area (Å²) in [6, 6.07) is 6.37. The molecule has 4 rings (SSSR count). The molecular weight excluding hydrogens is 344 g/mol. The van der Waals surface area contributed by atoms with Crippen LogP contribution >= 0.6 is 0 Å². The highest BCUT2D eigenvalue weighted by Crippen LogP contribution is 2.28. The highest BCUT2D eigenvalue weighted by Gasteiger charge is 2.38. The van der Waals surface area contributed by atoms with Gasteiger partial charge in [-0.3, -0.25) is 14.9 Å². The van der Waals surface area contributed by atoms with Gasteiger partial charge in [-0.25, -0.2) is 4.57 Å². The molecule has 0 radical (unpaired) electrons. The molecule has 0 amide bonds. The van der Waals surface area contributed by atoms with E-state index in [4.69, 9.17) is 4.99 Å². The second-order valence-electron chi connectivity index (χ2n) is 6.63. The summed E-state index contributed by atoms with van der Waals surface area (Å²) in [4.78, 5) is 28.4. The van der Waals surface area contributed by atoms with Crippen LogP contribution in [0.15, 0.2) is 58.4 Å². The molecule has 136 valence electrons. The molecule has 0 fully saturated rings. The summed E-state index contributed by atoms with van der Waals surface area (Å²) in [6.07, 6.45) is 8.31. The molecule has 27 heavy (non-hydrogen) atoms. The van der Waals surface area contributed by atoms with Crippen LogP contribution in [0.25, 0.3) is 0 Å². The van der Waals surface area contributed by atoms with E-state index in [0.717, 1.165) is 22.5 Å². The fourth-order valence-electron chi connectivity index (χ4n) is 3.70. The van der Waals surface area contributed by atoms with Crippen molar-refractivity contribution in [3.63, 3.8) is 0 Å². The molecule has 0 bridgehead atoms. The third-order valence-electron chi connectivity index (χ3n) is 5.07. The summed E-state index contributed by atoms with van der Waals surface area (Å²) >= 11 is 0. The predicted octanol–water partition coefficient (Wildman–Crippen LogP) is 2.72. The zero-order valence-corrected chi connectivity index (χ0v) is 15.1. The lowest BCUT2D eigenvalue weighted by Crippen LogP contribution is -2.46. The Hall–Kier alpha value is -3.35. The van der Waals surface area contributed by atoms with Crippen molar-refractivity contribution < 1.29 is 9.49 Å². The minimum Gasteiger partial charge on any atom is -0.258 e. The highest BCUT2D eigenvalue weighted by atomic mass is 16.6. The third-order valence-corrected chi connectivity index (χ3v) is 5.07. The van der Waals surface area contributed by atoms with Crippen molar-refractivity contribution >= 4 is 17.3 Å². The number of nitro groups is 1. The van der Waals surface area contributed by atoms with Crippen molar-refractivity contribution in [1.82, 2.24) is 4.57 Å². The maximum atomic E-state index is 13.0. The normalized spacial score (nSPS) is 16.8. The number of fused-ring (bicyclic) bond motifs is 3. The van der Waals surface area contributed by atoms with Gasteiger partial charge in [0, 0.05) is 12.1 Å². The molecule has 1 aromatic carbocycles. The molecule has 0 saturated heterocycles. The van der Waals surface area contributed by atoms with Crippen molar-refractivity contribution in [2.45, 2.75) is 32.9 Å². The van der Waals surface area contributed by atoms with Gasteiger partial charge in [0.15, 0.2) is 11.8 Å². The molecule has 2 aliphatic rings. The number of hydrogen-bond donors (Lipinski definition) is 0. The van der Waals surface area contributed by atoms with Crippen LogP contribution in [0.1, 0.15) is 29.8 Å². The number of allylic oxidation sites excluding steroid dienone is 4. The second kappa shape index (κ2) is 6.42. The molecule has 0 saturated carbocycles. The minimum absolute atomic E-state index is 0.0241. The summed E-state index contributed by atoms with van der Waals surface area (Å²) in [6.45, 7) is 4.28. The van der Waals surface area contributed by atoms with Crippen molar-refractivity contribution in [3.8, 4) is 0 Å². The lowest BCUT2D eigenvalue weighted by Gasteiger charge is -2.14. The lowest BCUT2D eigenvalue weighted by molar-refractivity contribution is -0.685. The zero-order valence-electron chi connectivity index (χ0n) is 15.1. The first-order valence-electron chi connectivity index (χ1n) is 8.86.